The van der Waals surface area contributed by atoms with Crippen LogP contribution < -0.4 is 5.32 Å². The number of hydrogen-bond acceptors (Lipinski definition) is 2. The van der Waals surface area contributed by atoms with Gasteiger partial charge in [0.05, 0.1) is 11.6 Å². The van der Waals surface area contributed by atoms with Crippen molar-refractivity contribution in [3.63, 3.8) is 0 Å². The maximum atomic E-state index is 11.1. The van der Waals surface area contributed by atoms with Crippen LogP contribution in [-0.2, 0) is 7.05 Å². The largest absolute Gasteiger partial charge is 0.465 e. The summed E-state index contributed by atoms with van der Waals surface area (Å²) in [7, 11) is 1.94. The van der Waals surface area contributed by atoms with Crippen molar-refractivity contribution in [2.24, 2.45) is 7.05 Å². The van der Waals surface area contributed by atoms with E-state index in [2.05, 4.69) is 10.3 Å². The van der Waals surface area contributed by atoms with Gasteiger partial charge in [0.15, 0.2) is 0 Å². The van der Waals surface area contributed by atoms with Crippen LogP contribution in [0.15, 0.2) is 67.0 Å². The molecular weight excluding hydrogens is 340 g/mol. The molecule has 4 aromatic rings. The molecule has 2 aromatic heterocycles. The Labute approximate surface area is 156 Å². The van der Waals surface area contributed by atoms with Crippen molar-refractivity contribution in [3.05, 3.63) is 78.4 Å². The summed E-state index contributed by atoms with van der Waals surface area (Å²) in [4.78, 5) is 19.2. The van der Waals surface area contributed by atoms with Crippen LogP contribution in [0.3, 0.4) is 0 Å². The number of hydrogen-bond donors (Lipinski definition) is 3. The van der Waals surface area contributed by atoms with Crippen LogP contribution in [0.25, 0.3) is 22.2 Å². The lowest BCUT2D eigenvalue weighted by atomic mass is 9.97. The molecule has 6 nitrogen and oxygen atoms in total. The molecule has 1 amide bonds. The molecule has 0 aliphatic carbocycles. The van der Waals surface area contributed by atoms with Crippen molar-refractivity contribution in [3.8, 4) is 11.3 Å². The molecule has 1 atom stereocenters. The molecule has 0 radical (unpaired) electrons. The Morgan fingerprint density at radius 3 is 2.70 bits per heavy atom. The van der Waals surface area contributed by atoms with E-state index in [9.17, 15) is 4.79 Å². The number of aryl methyl sites for hydroxylation is 1. The highest BCUT2D eigenvalue weighted by atomic mass is 16.4. The molecule has 1 unspecified atom stereocenters. The van der Waals surface area contributed by atoms with Gasteiger partial charge in [-0.1, -0.05) is 48.5 Å². The van der Waals surface area contributed by atoms with Crippen molar-refractivity contribution in [2.45, 2.75) is 5.92 Å². The number of carboxylic acid groups (broad SMARTS) is 1. The number of imidazole rings is 1. The van der Waals surface area contributed by atoms with Gasteiger partial charge in [-0.15, -0.1) is 0 Å². The van der Waals surface area contributed by atoms with E-state index in [4.69, 9.17) is 10.1 Å². The van der Waals surface area contributed by atoms with Crippen molar-refractivity contribution in [2.75, 3.05) is 6.54 Å². The number of nitrogens with one attached hydrogen (secondary N) is 2. The molecule has 0 aliphatic heterocycles. The Bertz CT molecular complexity index is 1080. The molecule has 2 aromatic carbocycles. The third kappa shape index (κ3) is 3.29. The van der Waals surface area contributed by atoms with E-state index in [0.717, 1.165) is 33.5 Å². The zero-order valence-electron chi connectivity index (χ0n) is 14.9. The summed E-state index contributed by atoms with van der Waals surface area (Å²) in [6.45, 7) is 0.246. The lowest BCUT2D eigenvalue weighted by molar-refractivity contribution is 0.194. The van der Waals surface area contributed by atoms with Crippen LogP contribution in [0, 0.1) is 0 Å². The van der Waals surface area contributed by atoms with Gasteiger partial charge < -0.3 is 20.0 Å². The third-order valence-electron chi connectivity index (χ3n) is 4.75. The number of para-hydroxylation sites is 1. The van der Waals surface area contributed by atoms with Gasteiger partial charge >= 0.3 is 6.09 Å². The summed E-state index contributed by atoms with van der Waals surface area (Å²) < 4.78 is 1.97. The van der Waals surface area contributed by atoms with Crippen molar-refractivity contribution >= 4 is 17.0 Å². The summed E-state index contributed by atoms with van der Waals surface area (Å²) in [6.07, 6.45) is 2.88. The van der Waals surface area contributed by atoms with Gasteiger partial charge in [0.2, 0.25) is 0 Å². The lowest BCUT2D eigenvalue weighted by Crippen LogP contribution is -2.28. The number of nitrogens with zero attached hydrogens (tertiary/aromatic N) is 2. The molecule has 0 fully saturated rings. The monoisotopic (exact) mass is 360 g/mol. The smallest absolute Gasteiger partial charge is 0.404 e. The van der Waals surface area contributed by atoms with E-state index in [0.29, 0.717) is 0 Å². The van der Waals surface area contributed by atoms with E-state index < -0.39 is 6.09 Å². The Morgan fingerprint density at radius 1 is 1.19 bits per heavy atom. The van der Waals surface area contributed by atoms with E-state index in [1.54, 1.807) is 0 Å². The molecule has 136 valence electrons. The molecule has 0 spiro atoms. The minimum atomic E-state index is -1.04. The van der Waals surface area contributed by atoms with Crippen LogP contribution in [0.5, 0.6) is 0 Å². The number of benzene rings is 2. The molecule has 3 N–H and O–H groups in total. The molecule has 27 heavy (non-hydrogen) atoms. The number of aromatic nitrogens is 3. The predicted octanol–water partition coefficient (Wildman–Crippen LogP) is 3.97. The van der Waals surface area contributed by atoms with E-state index >= 15 is 0 Å². The summed E-state index contributed by atoms with van der Waals surface area (Å²) in [5, 5.41) is 12.7. The minimum absolute atomic E-state index is 0.209. The quantitative estimate of drug-likeness (QED) is 0.504. The van der Waals surface area contributed by atoms with Gasteiger partial charge in [0.25, 0.3) is 0 Å². The van der Waals surface area contributed by atoms with Gasteiger partial charge in [-0.2, -0.15) is 0 Å². The standard InChI is InChI=1S/C21H20N4O2/c1-25-13-19(14-7-3-2-4-8-14)24-20(25)17(12-23-21(26)27)16-11-22-18-10-6-5-9-15(16)18/h2-11,13,17,22-23H,12H2,1H3,(H,26,27). The lowest BCUT2D eigenvalue weighted by Gasteiger charge is -2.16. The highest BCUT2D eigenvalue weighted by molar-refractivity contribution is 5.84. The number of carbonyl (C=O) groups is 1. The van der Waals surface area contributed by atoms with Crippen molar-refractivity contribution in [1.29, 1.82) is 0 Å². The highest BCUT2D eigenvalue weighted by Gasteiger charge is 2.23. The van der Waals surface area contributed by atoms with Crippen LogP contribution in [0.2, 0.25) is 0 Å². The maximum Gasteiger partial charge on any atom is 0.404 e. The van der Waals surface area contributed by atoms with Crippen LogP contribution in [0.1, 0.15) is 17.3 Å². The van der Waals surface area contributed by atoms with Gasteiger partial charge in [-0.05, 0) is 11.6 Å². The highest BCUT2D eigenvalue weighted by Crippen LogP contribution is 2.31. The molecule has 0 saturated heterocycles. The van der Waals surface area contributed by atoms with Crippen molar-refractivity contribution in [1.82, 2.24) is 19.9 Å². The number of H-pyrrole nitrogens is 1. The average molecular weight is 360 g/mol. The van der Waals surface area contributed by atoms with Crippen molar-refractivity contribution < 1.29 is 9.90 Å². The van der Waals surface area contributed by atoms with E-state index in [1.807, 2.05) is 78.6 Å². The molecule has 6 heteroatoms. The first-order chi connectivity index (χ1) is 13.1. The van der Waals surface area contributed by atoms with Gasteiger partial charge in [-0.3, -0.25) is 0 Å². The molecular formula is C21H20N4O2. The second kappa shape index (κ2) is 6.99. The Morgan fingerprint density at radius 2 is 1.93 bits per heavy atom. The third-order valence-corrected chi connectivity index (χ3v) is 4.75. The van der Waals surface area contributed by atoms with Crippen LogP contribution in [-0.4, -0.2) is 32.3 Å². The molecule has 0 bridgehead atoms. The minimum Gasteiger partial charge on any atom is -0.465 e. The van der Waals surface area contributed by atoms with Gasteiger partial charge in [0.1, 0.15) is 5.82 Å². The number of fused-ring (bicyclic) bond motifs is 1. The zero-order valence-corrected chi connectivity index (χ0v) is 14.9. The fourth-order valence-electron chi connectivity index (χ4n) is 3.46. The molecule has 0 saturated carbocycles. The summed E-state index contributed by atoms with van der Waals surface area (Å²) in [6, 6.07) is 18.0. The summed E-state index contributed by atoms with van der Waals surface area (Å²) in [5.74, 6) is 0.604. The Kier molecular flexibility index (Phi) is 4.38. The number of amides is 1. The maximum absolute atomic E-state index is 11.1. The molecule has 0 aliphatic rings. The first-order valence-electron chi connectivity index (χ1n) is 8.75. The second-order valence-electron chi connectivity index (χ2n) is 6.49. The normalized spacial score (nSPS) is 12.2. The number of rotatable bonds is 5. The average Bonchev–Trinajstić information content (AvgIpc) is 3.27. The summed E-state index contributed by atoms with van der Waals surface area (Å²) in [5.41, 5.74) is 3.94. The fraction of sp³-hybridized carbons (Fsp3) is 0.143. The predicted molar refractivity (Wildman–Crippen MR) is 105 cm³/mol. The van der Waals surface area contributed by atoms with E-state index in [-0.39, 0.29) is 12.5 Å². The summed E-state index contributed by atoms with van der Waals surface area (Å²) >= 11 is 0. The number of aromatic amines is 1. The molecule has 4 rings (SSSR count). The zero-order chi connectivity index (χ0) is 18.8. The van der Waals surface area contributed by atoms with Crippen LogP contribution in [0.4, 0.5) is 4.79 Å². The van der Waals surface area contributed by atoms with Gasteiger partial charge in [0, 0.05) is 42.5 Å². The topological polar surface area (TPSA) is 82.9 Å². The second-order valence-corrected chi connectivity index (χ2v) is 6.49. The van der Waals surface area contributed by atoms with E-state index in [1.165, 1.54) is 0 Å². The van der Waals surface area contributed by atoms with Gasteiger partial charge in [-0.25, -0.2) is 9.78 Å². The molecule has 2 heterocycles. The Balaban J connectivity index is 1.80. The van der Waals surface area contributed by atoms with Crippen LogP contribution >= 0.6 is 0 Å². The fourth-order valence-corrected chi connectivity index (χ4v) is 3.46. The Hall–Kier alpha value is -3.54. The first kappa shape index (κ1) is 16.9. The first-order valence-corrected chi connectivity index (χ1v) is 8.75. The SMILES string of the molecule is Cn1cc(-c2ccccc2)nc1C(CNC(=O)O)c1c[nH]c2ccccc12.